The van der Waals surface area contributed by atoms with E-state index in [1.165, 1.54) is 0 Å². The van der Waals surface area contributed by atoms with Gasteiger partial charge in [-0.05, 0) is 25.8 Å². The van der Waals surface area contributed by atoms with Crippen LogP contribution in [0.2, 0.25) is 0 Å². The van der Waals surface area contributed by atoms with E-state index >= 15 is 0 Å². The molecule has 0 aliphatic carbocycles. The first-order chi connectivity index (χ1) is 8.11. The second-order valence-corrected chi connectivity index (χ2v) is 4.89. The summed E-state index contributed by atoms with van der Waals surface area (Å²) in [6.07, 6.45) is 3.78. The third-order valence-corrected chi connectivity index (χ3v) is 3.42. The van der Waals surface area contributed by atoms with E-state index in [0.29, 0.717) is 12.4 Å². The molecule has 1 unspecified atom stereocenters. The van der Waals surface area contributed by atoms with Gasteiger partial charge in [-0.2, -0.15) is 0 Å². The molecule has 1 N–H and O–H groups in total. The lowest BCUT2D eigenvalue weighted by atomic mass is 9.95. The Morgan fingerprint density at radius 1 is 1.47 bits per heavy atom. The fraction of sp³-hybridized carbons (Fsp3) is 0.615. The van der Waals surface area contributed by atoms with Crippen molar-refractivity contribution in [1.29, 1.82) is 0 Å². The molecule has 0 fully saturated rings. The fourth-order valence-electron chi connectivity index (χ4n) is 1.72. The van der Waals surface area contributed by atoms with Crippen LogP contribution in [0.3, 0.4) is 0 Å². The molecule has 1 heterocycles. The van der Waals surface area contributed by atoms with Crippen molar-refractivity contribution in [1.82, 2.24) is 9.88 Å². The molecule has 0 spiro atoms. The maximum absolute atomic E-state index is 11.5. The van der Waals surface area contributed by atoms with Crippen LogP contribution in [0.5, 0.6) is 0 Å². The number of alkyl halides is 1. The van der Waals surface area contributed by atoms with Crippen LogP contribution in [0.4, 0.5) is 0 Å². The first kappa shape index (κ1) is 14.3. The molecule has 1 aromatic rings. The molecule has 1 aromatic heterocycles. The average molecular weight is 257 g/mol. The van der Waals surface area contributed by atoms with Gasteiger partial charge in [0.25, 0.3) is 5.56 Å². The van der Waals surface area contributed by atoms with Gasteiger partial charge < -0.3 is 9.88 Å². The highest BCUT2D eigenvalue weighted by Crippen LogP contribution is 2.14. The summed E-state index contributed by atoms with van der Waals surface area (Å²) in [4.78, 5) is 11.5. The van der Waals surface area contributed by atoms with Crippen LogP contribution in [0.25, 0.3) is 0 Å². The molecule has 1 atom stereocenters. The van der Waals surface area contributed by atoms with Gasteiger partial charge in [0.15, 0.2) is 0 Å². The van der Waals surface area contributed by atoms with Crippen molar-refractivity contribution >= 4 is 11.6 Å². The van der Waals surface area contributed by atoms with Gasteiger partial charge in [-0.15, -0.1) is 11.6 Å². The zero-order valence-electron chi connectivity index (χ0n) is 10.6. The second-order valence-electron chi connectivity index (χ2n) is 4.51. The highest BCUT2D eigenvalue weighted by atomic mass is 35.5. The predicted molar refractivity (Wildman–Crippen MR) is 72.7 cm³/mol. The topological polar surface area (TPSA) is 34.0 Å². The van der Waals surface area contributed by atoms with Crippen molar-refractivity contribution in [3.8, 4) is 0 Å². The molecule has 0 saturated heterocycles. The van der Waals surface area contributed by atoms with Crippen LogP contribution in [-0.2, 0) is 6.54 Å². The monoisotopic (exact) mass is 256 g/mol. The zero-order valence-corrected chi connectivity index (χ0v) is 11.3. The molecule has 96 valence electrons. The van der Waals surface area contributed by atoms with E-state index in [-0.39, 0.29) is 11.1 Å². The fourth-order valence-corrected chi connectivity index (χ4v) is 2.14. The van der Waals surface area contributed by atoms with Gasteiger partial charge in [0.1, 0.15) is 0 Å². The molecule has 4 heteroatoms. The molecular formula is C13H21ClN2O. The summed E-state index contributed by atoms with van der Waals surface area (Å²) in [5, 5.41) is 3.48. The number of nitrogens with zero attached hydrogens (tertiary/aromatic N) is 1. The van der Waals surface area contributed by atoms with Crippen LogP contribution in [0, 0.1) is 0 Å². The van der Waals surface area contributed by atoms with E-state index in [0.717, 1.165) is 19.4 Å². The van der Waals surface area contributed by atoms with E-state index in [4.69, 9.17) is 11.6 Å². The smallest absolute Gasteiger partial charge is 0.250 e. The minimum atomic E-state index is 0.0462. The first-order valence-electron chi connectivity index (χ1n) is 6.08. The van der Waals surface area contributed by atoms with E-state index in [9.17, 15) is 4.79 Å². The molecule has 0 aliphatic rings. The summed E-state index contributed by atoms with van der Waals surface area (Å²) >= 11 is 5.79. The molecule has 0 saturated carbocycles. The van der Waals surface area contributed by atoms with Gasteiger partial charge in [-0.3, -0.25) is 4.79 Å². The first-order valence-corrected chi connectivity index (χ1v) is 6.61. The SMILES string of the molecule is CCC(C)(CCCl)NCCn1ccccc1=O. The summed E-state index contributed by atoms with van der Waals surface area (Å²) in [5.41, 5.74) is 0.116. The number of halogens is 1. The lowest BCUT2D eigenvalue weighted by Gasteiger charge is -2.29. The number of nitrogens with one attached hydrogen (secondary N) is 1. The summed E-state index contributed by atoms with van der Waals surface area (Å²) in [5.74, 6) is 0.655. The van der Waals surface area contributed by atoms with E-state index < -0.39 is 0 Å². The Hall–Kier alpha value is -0.800. The minimum Gasteiger partial charge on any atom is -0.314 e. The molecule has 0 bridgehead atoms. The molecule has 17 heavy (non-hydrogen) atoms. The zero-order chi connectivity index (χ0) is 12.7. The molecule has 0 aromatic carbocycles. The van der Waals surface area contributed by atoms with Crippen molar-refractivity contribution < 1.29 is 0 Å². The standard InChI is InChI=1S/C13H21ClN2O/c1-3-13(2,7-8-14)15-9-11-16-10-5-4-6-12(16)17/h4-6,10,15H,3,7-9,11H2,1-2H3. The summed E-state index contributed by atoms with van der Waals surface area (Å²) in [6, 6.07) is 5.22. The number of pyridine rings is 1. The number of aromatic nitrogens is 1. The van der Waals surface area contributed by atoms with Crippen molar-refractivity contribution in [2.75, 3.05) is 12.4 Å². The molecule has 3 nitrogen and oxygen atoms in total. The van der Waals surface area contributed by atoms with Crippen LogP contribution in [0.1, 0.15) is 26.7 Å². The normalized spacial score (nSPS) is 14.5. The van der Waals surface area contributed by atoms with Crippen LogP contribution >= 0.6 is 11.6 Å². The van der Waals surface area contributed by atoms with Crippen molar-refractivity contribution in [3.05, 3.63) is 34.7 Å². The van der Waals surface area contributed by atoms with Crippen LogP contribution in [0.15, 0.2) is 29.2 Å². The Morgan fingerprint density at radius 3 is 2.82 bits per heavy atom. The Kier molecular flexibility index (Phi) is 5.72. The lowest BCUT2D eigenvalue weighted by Crippen LogP contribution is -2.44. The van der Waals surface area contributed by atoms with Crippen molar-refractivity contribution in [2.45, 2.75) is 38.8 Å². The van der Waals surface area contributed by atoms with Gasteiger partial charge in [0.2, 0.25) is 0 Å². The Balaban J connectivity index is 2.47. The van der Waals surface area contributed by atoms with Gasteiger partial charge in [0.05, 0.1) is 0 Å². The minimum absolute atomic E-state index is 0.0462. The molecule has 0 amide bonds. The number of rotatable bonds is 7. The highest BCUT2D eigenvalue weighted by Gasteiger charge is 2.19. The van der Waals surface area contributed by atoms with Crippen LogP contribution in [-0.4, -0.2) is 22.5 Å². The van der Waals surface area contributed by atoms with Gasteiger partial charge in [-0.1, -0.05) is 13.0 Å². The lowest BCUT2D eigenvalue weighted by molar-refractivity contribution is 0.326. The summed E-state index contributed by atoms with van der Waals surface area (Å²) < 4.78 is 1.71. The van der Waals surface area contributed by atoms with E-state index in [2.05, 4.69) is 19.2 Å². The third-order valence-electron chi connectivity index (χ3n) is 3.23. The molecular weight excluding hydrogens is 236 g/mol. The highest BCUT2D eigenvalue weighted by molar-refractivity contribution is 6.17. The maximum Gasteiger partial charge on any atom is 0.250 e. The van der Waals surface area contributed by atoms with E-state index in [1.54, 1.807) is 16.7 Å². The van der Waals surface area contributed by atoms with Crippen LogP contribution < -0.4 is 10.9 Å². The van der Waals surface area contributed by atoms with Gasteiger partial charge in [0, 0.05) is 36.8 Å². The number of hydrogen-bond acceptors (Lipinski definition) is 2. The summed E-state index contributed by atoms with van der Waals surface area (Å²) in [7, 11) is 0. The van der Waals surface area contributed by atoms with Gasteiger partial charge in [-0.25, -0.2) is 0 Å². The van der Waals surface area contributed by atoms with Gasteiger partial charge >= 0.3 is 0 Å². The van der Waals surface area contributed by atoms with Crippen molar-refractivity contribution in [3.63, 3.8) is 0 Å². The molecule has 1 rings (SSSR count). The Bertz CT molecular complexity index is 391. The maximum atomic E-state index is 11.5. The quantitative estimate of drug-likeness (QED) is 0.760. The largest absolute Gasteiger partial charge is 0.314 e. The predicted octanol–water partition coefficient (Wildman–Crippen LogP) is 2.24. The molecule has 0 radical (unpaired) electrons. The average Bonchev–Trinajstić information content (AvgIpc) is 2.32. The second kappa shape index (κ2) is 6.82. The van der Waals surface area contributed by atoms with Crippen molar-refractivity contribution in [2.24, 2.45) is 0 Å². The summed E-state index contributed by atoms with van der Waals surface area (Å²) in [6.45, 7) is 5.79. The molecule has 0 aliphatic heterocycles. The van der Waals surface area contributed by atoms with E-state index in [1.807, 2.05) is 12.3 Å². The Labute approximate surface area is 108 Å². The Morgan fingerprint density at radius 2 is 2.24 bits per heavy atom. The third kappa shape index (κ3) is 4.52. The number of hydrogen-bond donors (Lipinski definition) is 1.